The zero-order valence-corrected chi connectivity index (χ0v) is 20.7. The number of methoxy groups -OCH3 is 1. The van der Waals surface area contributed by atoms with Gasteiger partial charge < -0.3 is 9.30 Å². The highest BCUT2D eigenvalue weighted by Crippen LogP contribution is 2.22. The van der Waals surface area contributed by atoms with Crippen LogP contribution < -0.4 is 4.74 Å². The van der Waals surface area contributed by atoms with E-state index in [1.54, 1.807) is 19.2 Å². The second kappa shape index (κ2) is 10.8. The molecule has 1 saturated heterocycles. The van der Waals surface area contributed by atoms with E-state index in [1.807, 2.05) is 24.3 Å². The van der Waals surface area contributed by atoms with Crippen molar-refractivity contribution < 1.29 is 9.13 Å². The Hall–Kier alpha value is -2.93. The Morgan fingerprint density at radius 3 is 2.49 bits per heavy atom. The van der Waals surface area contributed by atoms with Crippen molar-refractivity contribution in [2.45, 2.75) is 26.1 Å². The molecule has 0 spiro atoms. The fourth-order valence-corrected chi connectivity index (χ4v) is 5.03. The first kappa shape index (κ1) is 23.8. The average molecular weight is 493 g/mol. The third-order valence-corrected chi connectivity index (χ3v) is 6.89. The predicted molar refractivity (Wildman–Crippen MR) is 138 cm³/mol. The SMILES string of the molecule is COc1ccc(F)c(CN2CCCN(Cc3nc4ccccc4n3Cc3cccc(Cl)c3)CC2)c1. The summed E-state index contributed by atoms with van der Waals surface area (Å²) in [5.74, 6) is 1.57. The first-order valence-corrected chi connectivity index (χ1v) is 12.4. The number of benzene rings is 3. The maximum Gasteiger partial charge on any atom is 0.127 e. The molecule has 182 valence electrons. The van der Waals surface area contributed by atoms with Gasteiger partial charge in [0.15, 0.2) is 0 Å². The summed E-state index contributed by atoms with van der Waals surface area (Å²) in [5, 5.41) is 0.744. The average Bonchev–Trinajstić information content (AvgIpc) is 3.03. The number of hydrogen-bond donors (Lipinski definition) is 0. The Balaban J connectivity index is 1.31. The van der Waals surface area contributed by atoms with Gasteiger partial charge in [-0.2, -0.15) is 0 Å². The molecule has 0 saturated carbocycles. The summed E-state index contributed by atoms with van der Waals surface area (Å²) in [6, 6.07) is 21.3. The van der Waals surface area contributed by atoms with Crippen molar-refractivity contribution >= 4 is 22.6 Å². The summed E-state index contributed by atoms with van der Waals surface area (Å²) in [6.45, 7) is 5.80. The Kier molecular flexibility index (Phi) is 7.32. The van der Waals surface area contributed by atoms with Gasteiger partial charge in [0, 0.05) is 36.8 Å². The molecule has 35 heavy (non-hydrogen) atoms. The summed E-state index contributed by atoms with van der Waals surface area (Å²) in [6.07, 6.45) is 1.03. The summed E-state index contributed by atoms with van der Waals surface area (Å²) >= 11 is 6.25. The van der Waals surface area contributed by atoms with Crippen LogP contribution in [0.15, 0.2) is 66.7 Å². The van der Waals surface area contributed by atoms with Crippen LogP contribution in [0.3, 0.4) is 0 Å². The zero-order chi connectivity index (χ0) is 24.2. The highest BCUT2D eigenvalue weighted by atomic mass is 35.5. The van der Waals surface area contributed by atoms with Crippen molar-refractivity contribution in [1.82, 2.24) is 19.4 Å². The normalized spacial score (nSPS) is 15.4. The maximum atomic E-state index is 14.4. The van der Waals surface area contributed by atoms with Crippen molar-refractivity contribution in [2.24, 2.45) is 0 Å². The lowest BCUT2D eigenvalue weighted by Crippen LogP contribution is -2.31. The quantitative estimate of drug-likeness (QED) is 0.336. The van der Waals surface area contributed by atoms with E-state index in [2.05, 4.69) is 38.6 Å². The van der Waals surface area contributed by atoms with Gasteiger partial charge in [-0.05, 0) is 67.5 Å². The van der Waals surface area contributed by atoms with E-state index in [1.165, 1.54) is 6.07 Å². The van der Waals surface area contributed by atoms with Gasteiger partial charge in [0.2, 0.25) is 0 Å². The Morgan fingerprint density at radius 1 is 0.886 bits per heavy atom. The first-order valence-electron chi connectivity index (χ1n) is 12.0. The lowest BCUT2D eigenvalue weighted by molar-refractivity contribution is 0.240. The molecule has 0 unspecified atom stereocenters. The summed E-state index contributed by atoms with van der Waals surface area (Å²) in [4.78, 5) is 9.77. The van der Waals surface area contributed by atoms with Crippen LogP contribution in [0.4, 0.5) is 4.39 Å². The molecule has 7 heteroatoms. The number of halogens is 2. The molecule has 0 radical (unpaired) electrons. The largest absolute Gasteiger partial charge is 0.497 e. The lowest BCUT2D eigenvalue weighted by atomic mass is 10.2. The molecule has 0 N–H and O–H groups in total. The second-order valence-electron chi connectivity index (χ2n) is 9.10. The molecule has 0 atom stereocenters. The van der Waals surface area contributed by atoms with E-state index < -0.39 is 0 Å². The third kappa shape index (κ3) is 5.67. The van der Waals surface area contributed by atoms with E-state index in [4.69, 9.17) is 21.3 Å². The van der Waals surface area contributed by atoms with Crippen molar-refractivity contribution in [3.8, 4) is 5.75 Å². The number of imidazole rings is 1. The minimum Gasteiger partial charge on any atom is -0.497 e. The van der Waals surface area contributed by atoms with Gasteiger partial charge in [-0.1, -0.05) is 35.9 Å². The summed E-state index contributed by atoms with van der Waals surface area (Å²) < 4.78 is 21.9. The van der Waals surface area contributed by atoms with Gasteiger partial charge in [0.25, 0.3) is 0 Å². The minimum absolute atomic E-state index is 0.179. The number of ether oxygens (including phenoxy) is 1. The van der Waals surface area contributed by atoms with Crippen molar-refractivity contribution in [3.63, 3.8) is 0 Å². The molecule has 1 aromatic heterocycles. The van der Waals surface area contributed by atoms with E-state index in [-0.39, 0.29) is 5.82 Å². The summed E-state index contributed by atoms with van der Waals surface area (Å²) in [7, 11) is 1.61. The molecule has 0 amide bonds. The molecule has 3 aromatic carbocycles. The standard InChI is InChI=1S/C28H30ClFN4O/c1-35-24-10-11-25(30)22(17-24)19-32-12-5-13-33(15-14-32)20-28-31-26-8-2-3-9-27(26)34(28)18-21-6-4-7-23(29)16-21/h2-4,6-11,16-17H,5,12-15,18-20H2,1H3. The number of rotatable bonds is 7. The molecular formula is C28H30ClFN4O. The number of para-hydroxylation sites is 2. The molecule has 0 bridgehead atoms. The molecule has 1 aliphatic heterocycles. The van der Waals surface area contributed by atoms with Gasteiger partial charge in [0.1, 0.15) is 17.4 Å². The maximum absolute atomic E-state index is 14.4. The van der Waals surface area contributed by atoms with Crippen LogP contribution in [0.1, 0.15) is 23.4 Å². The minimum atomic E-state index is -0.179. The first-order chi connectivity index (χ1) is 17.1. The van der Waals surface area contributed by atoms with Crippen molar-refractivity contribution in [2.75, 3.05) is 33.3 Å². The van der Waals surface area contributed by atoms with E-state index in [0.29, 0.717) is 17.9 Å². The molecule has 1 aliphatic rings. The number of fused-ring (bicyclic) bond motifs is 1. The lowest BCUT2D eigenvalue weighted by Gasteiger charge is -2.22. The Labute approximate surface area is 210 Å². The van der Waals surface area contributed by atoms with Crippen LogP contribution in [0.5, 0.6) is 5.75 Å². The topological polar surface area (TPSA) is 33.5 Å². The van der Waals surface area contributed by atoms with E-state index in [9.17, 15) is 4.39 Å². The number of hydrogen-bond acceptors (Lipinski definition) is 4. The van der Waals surface area contributed by atoms with Crippen LogP contribution in [0.25, 0.3) is 11.0 Å². The van der Waals surface area contributed by atoms with E-state index >= 15 is 0 Å². The Bertz CT molecular complexity index is 1310. The van der Waals surface area contributed by atoms with Crippen LogP contribution in [0.2, 0.25) is 5.02 Å². The van der Waals surface area contributed by atoms with Crippen molar-refractivity contribution in [3.05, 3.63) is 94.5 Å². The van der Waals surface area contributed by atoms with Gasteiger partial charge in [-0.25, -0.2) is 9.37 Å². The monoisotopic (exact) mass is 492 g/mol. The highest BCUT2D eigenvalue weighted by Gasteiger charge is 2.20. The van der Waals surface area contributed by atoms with Gasteiger partial charge >= 0.3 is 0 Å². The molecule has 1 fully saturated rings. The molecule has 5 rings (SSSR count). The van der Waals surface area contributed by atoms with Crippen LogP contribution >= 0.6 is 11.6 Å². The van der Waals surface area contributed by atoms with Crippen LogP contribution in [-0.4, -0.2) is 52.6 Å². The molecular weight excluding hydrogens is 463 g/mol. The van der Waals surface area contributed by atoms with E-state index in [0.717, 1.165) is 73.1 Å². The molecule has 0 aliphatic carbocycles. The highest BCUT2D eigenvalue weighted by molar-refractivity contribution is 6.30. The third-order valence-electron chi connectivity index (χ3n) is 6.66. The van der Waals surface area contributed by atoms with Gasteiger partial charge in [-0.15, -0.1) is 0 Å². The summed E-state index contributed by atoms with van der Waals surface area (Å²) in [5.41, 5.74) is 3.98. The van der Waals surface area contributed by atoms with Crippen molar-refractivity contribution in [1.29, 1.82) is 0 Å². The fraction of sp³-hybridized carbons (Fsp3) is 0.321. The smallest absolute Gasteiger partial charge is 0.127 e. The van der Waals surface area contributed by atoms with Gasteiger partial charge in [0.05, 0.1) is 24.7 Å². The number of aromatic nitrogens is 2. The Morgan fingerprint density at radius 2 is 1.69 bits per heavy atom. The molecule has 2 heterocycles. The molecule has 5 nitrogen and oxygen atoms in total. The van der Waals surface area contributed by atoms with Gasteiger partial charge in [-0.3, -0.25) is 9.80 Å². The molecule has 4 aromatic rings. The number of nitrogens with zero attached hydrogens (tertiary/aromatic N) is 4. The van der Waals surface area contributed by atoms with Crippen LogP contribution in [-0.2, 0) is 19.6 Å². The fourth-order valence-electron chi connectivity index (χ4n) is 4.82. The second-order valence-corrected chi connectivity index (χ2v) is 9.53. The zero-order valence-electron chi connectivity index (χ0n) is 20.0. The van der Waals surface area contributed by atoms with Crippen LogP contribution in [0, 0.1) is 5.82 Å². The predicted octanol–water partition coefficient (Wildman–Crippen LogP) is 5.59.